The maximum absolute atomic E-state index is 13.4. The zero-order valence-electron chi connectivity index (χ0n) is 14.3. The van der Waals surface area contributed by atoms with Crippen LogP contribution in [0.2, 0.25) is 5.02 Å². The van der Waals surface area contributed by atoms with Crippen LogP contribution in [0.15, 0.2) is 59.8 Å². The second-order valence-corrected chi connectivity index (χ2v) is 6.63. The van der Waals surface area contributed by atoms with Gasteiger partial charge < -0.3 is 11.1 Å². The average molecular weight is 384 g/mol. The Morgan fingerprint density at radius 1 is 1.26 bits per heavy atom. The van der Waals surface area contributed by atoms with E-state index >= 15 is 0 Å². The molecule has 136 valence electrons. The molecule has 0 radical (unpaired) electrons. The molecule has 2 heterocycles. The Labute approximate surface area is 159 Å². The molecule has 1 amide bonds. The molecule has 0 spiro atoms. The molecule has 1 aliphatic heterocycles. The number of rotatable bonds is 3. The Morgan fingerprint density at radius 2 is 2.00 bits per heavy atom. The van der Waals surface area contributed by atoms with Crippen molar-refractivity contribution < 1.29 is 9.18 Å². The van der Waals surface area contributed by atoms with E-state index in [4.69, 9.17) is 17.3 Å². The largest absolute Gasteiger partial charge is 0.366 e. The molecule has 1 aromatic heterocycles. The molecule has 0 saturated heterocycles. The topological polar surface area (TPSA) is 85.8 Å². The number of primary amides is 1. The summed E-state index contributed by atoms with van der Waals surface area (Å²) in [5, 5.41) is 8.19. The van der Waals surface area contributed by atoms with Gasteiger partial charge in [-0.25, -0.2) is 9.07 Å². The number of nitrogens with zero attached hydrogens (tertiary/aromatic N) is 3. The van der Waals surface area contributed by atoms with Crippen LogP contribution in [0, 0.1) is 5.82 Å². The van der Waals surface area contributed by atoms with E-state index in [2.05, 4.69) is 15.4 Å². The second kappa shape index (κ2) is 6.51. The first-order chi connectivity index (χ1) is 12.9. The molecule has 8 heteroatoms. The highest BCUT2D eigenvalue weighted by atomic mass is 35.5. The number of hydrogen-bond acceptors (Lipinski definition) is 4. The van der Waals surface area contributed by atoms with E-state index < -0.39 is 11.9 Å². The van der Waals surface area contributed by atoms with E-state index in [1.54, 1.807) is 41.9 Å². The van der Waals surface area contributed by atoms with Gasteiger partial charge in [-0.2, -0.15) is 4.98 Å². The monoisotopic (exact) mass is 383 g/mol. The number of halogens is 2. The fourth-order valence-corrected chi connectivity index (χ4v) is 3.36. The van der Waals surface area contributed by atoms with Gasteiger partial charge in [-0.15, -0.1) is 5.10 Å². The summed E-state index contributed by atoms with van der Waals surface area (Å²) >= 11 is 6.07. The maximum Gasteiger partial charge on any atom is 0.248 e. The number of carbonyl (C=O) groups is 1. The third-order valence-corrected chi connectivity index (χ3v) is 4.62. The predicted molar refractivity (Wildman–Crippen MR) is 101 cm³/mol. The van der Waals surface area contributed by atoms with E-state index in [0.29, 0.717) is 33.6 Å². The second-order valence-electron chi connectivity index (χ2n) is 6.20. The summed E-state index contributed by atoms with van der Waals surface area (Å²) < 4.78 is 15.0. The lowest BCUT2D eigenvalue weighted by atomic mass is 9.95. The number of anilines is 1. The number of hydrogen-bond donors (Lipinski definition) is 2. The van der Waals surface area contributed by atoms with E-state index in [-0.39, 0.29) is 5.82 Å². The molecule has 1 atom stereocenters. The summed E-state index contributed by atoms with van der Waals surface area (Å²) in [6.07, 6.45) is 0. The van der Waals surface area contributed by atoms with Crippen LogP contribution < -0.4 is 11.1 Å². The van der Waals surface area contributed by atoms with Crippen LogP contribution in [0.4, 0.5) is 10.3 Å². The molecule has 1 aliphatic rings. The van der Waals surface area contributed by atoms with Crippen molar-refractivity contribution in [2.75, 3.05) is 5.32 Å². The molecular formula is C19H15ClFN5O. The first kappa shape index (κ1) is 17.2. The van der Waals surface area contributed by atoms with Crippen LogP contribution in [0.3, 0.4) is 0 Å². The lowest BCUT2D eigenvalue weighted by Gasteiger charge is -2.27. The zero-order valence-corrected chi connectivity index (χ0v) is 15.0. The smallest absolute Gasteiger partial charge is 0.248 e. The molecule has 3 aromatic rings. The standard InChI is InChI=1S/C19H15ClFN5O/c1-10-15(17(22)27)16(11-5-7-14(21)8-6-11)26-19(23-10)24-18(25-26)12-3-2-4-13(20)9-12/h2-9,16H,1H3,(H2,22,27)(H,23,24,25)/t16-/m1/s1. The zero-order chi connectivity index (χ0) is 19.1. The Kier molecular flexibility index (Phi) is 4.16. The van der Waals surface area contributed by atoms with Crippen LogP contribution in [0.1, 0.15) is 18.5 Å². The molecule has 0 unspecified atom stereocenters. The molecule has 27 heavy (non-hydrogen) atoms. The minimum Gasteiger partial charge on any atom is -0.366 e. The van der Waals surface area contributed by atoms with Crippen LogP contribution in [0.25, 0.3) is 11.4 Å². The van der Waals surface area contributed by atoms with Gasteiger partial charge in [0.05, 0.1) is 5.57 Å². The Hall–Kier alpha value is -3.19. The highest BCUT2D eigenvalue weighted by molar-refractivity contribution is 6.30. The summed E-state index contributed by atoms with van der Waals surface area (Å²) in [5.74, 6) is -0.0420. The molecule has 3 N–H and O–H groups in total. The van der Waals surface area contributed by atoms with Gasteiger partial charge in [0.2, 0.25) is 11.9 Å². The lowest BCUT2D eigenvalue weighted by molar-refractivity contribution is -0.115. The molecule has 6 nitrogen and oxygen atoms in total. The van der Waals surface area contributed by atoms with Gasteiger partial charge in [-0.1, -0.05) is 35.9 Å². The maximum atomic E-state index is 13.4. The summed E-state index contributed by atoms with van der Waals surface area (Å²) in [7, 11) is 0. The van der Waals surface area contributed by atoms with Gasteiger partial charge >= 0.3 is 0 Å². The average Bonchev–Trinajstić information content (AvgIpc) is 3.04. The fourth-order valence-electron chi connectivity index (χ4n) is 3.17. The number of carbonyl (C=O) groups excluding carboxylic acids is 1. The van der Waals surface area contributed by atoms with Gasteiger partial charge in [0, 0.05) is 16.3 Å². The van der Waals surface area contributed by atoms with Crippen molar-refractivity contribution in [1.29, 1.82) is 0 Å². The molecule has 4 rings (SSSR count). The number of amides is 1. The highest BCUT2D eigenvalue weighted by Crippen LogP contribution is 2.36. The number of nitrogens with two attached hydrogens (primary N) is 1. The first-order valence-corrected chi connectivity index (χ1v) is 8.57. The molecule has 0 saturated carbocycles. The first-order valence-electron chi connectivity index (χ1n) is 8.19. The quantitative estimate of drug-likeness (QED) is 0.724. The third-order valence-electron chi connectivity index (χ3n) is 4.39. The SMILES string of the molecule is CC1=C(C(N)=O)[C@@H](c2ccc(F)cc2)n2nc(-c3cccc(Cl)c3)nc2N1. The van der Waals surface area contributed by atoms with Crippen molar-refractivity contribution in [2.24, 2.45) is 5.73 Å². The molecular weight excluding hydrogens is 369 g/mol. The summed E-state index contributed by atoms with van der Waals surface area (Å²) in [6.45, 7) is 1.74. The van der Waals surface area contributed by atoms with Crippen LogP contribution in [-0.2, 0) is 4.79 Å². The van der Waals surface area contributed by atoms with Crippen LogP contribution >= 0.6 is 11.6 Å². The fraction of sp³-hybridized carbons (Fsp3) is 0.105. The van der Waals surface area contributed by atoms with Crippen molar-refractivity contribution in [2.45, 2.75) is 13.0 Å². The number of fused-ring (bicyclic) bond motifs is 1. The summed E-state index contributed by atoms with van der Waals surface area (Å²) in [4.78, 5) is 16.6. The van der Waals surface area contributed by atoms with Gasteiger partial charge in [0.25, 0.3) is 0 Å². The van der Waals surface area contributed by atoms with Crippen molar-refractivity contribution in [3.8, 4) is 11.4 Å². The number of benzene rings is 2. The van der Waals surface area contributed by atoms with Crippen molar-refractivity contribution in [3.05, 3.63) is 76.2 Å². The van der Waals surface area contributed by atoms with E-state index in [1.807, 2.05) is 6.07 Å². The molecule has 0 aliphatic carbocycles. The van der Waals surface area contributed by atoms with E-state index in [0.717, 1.165) is 5.56 Å². The summed E-state index contributed by atoms with van der Waals surface area (Å²) in [6, 6.07) is 12.4. The summed E-state index contributed by atoms with van der Waals surface area (Å²) in [5.41, 5.74) is 7.96. The van der Waals surface area contributed by atoms with Gasteiger partial charge in [0.1, 0.15) is 11.9 Å². The van der Waals surface area contributed by atoms with Gasteiger partial charge in [-0.05, 0) is 36.8 Å². The molecule has 0 fully saturated rings. The minimum absolute atomic E-state index is 0.344. The highest BCUT2D eigenvalue weighted by Gasteiger charge is 2.33. The Bertz CT molecular complexity index is 1070. The minimum atomic E-state index is -0.611. The van der Waals surface area contributed by atoms with Gasteiger partial charge in [-0.3, -0.25) is 4.79 Å². The van der Waals surface area contributed by atoms with E-state index in [9.17, 15) is 9.18 Å². The Morgan fingerprint density at radius 3 is 2.67 bits per heavy atom. The molecule has 2 aromatic carbocycles. The third kappa shape index (κ3) is 3.06. The van der Waals surface area contributed by atoms with Crippen LogP contribution in [0.5, 0.6) is 0 Å². The Balaban J connectivity index is 1.88. The van der Waals surface area contributed by atoms with Crippen molar-refractivity contribution >= 4 is 23.5 Å². The number of nitrogens with one attached hydrogen (secondary N) is 1. The predicted octanol–water partition coefficient (Wildman–Crippen LogP) is 3.51. The van der Waals surface area contributed by atoms with Gasteiger partial charge in [0.15, 0.2) is 5.82 Å². The van der Waals surface area contributed by atoms with Crippen molar-refractivity contribution in [3.63, 3.8) is 0 Å². The van der Waals surface area contributed by atoms with Crippen LogP contribution in [-0.4, -0.2) is 20.7 Å². The number of allylic oxidation sites excluding steroid dienone is 1. The normalized spacial score (nSPS) is 16.0. The lowest BCUT2D eigenvalue weighted by Crippen LogP contribution is -2.31. The number of aromatic nitrogens is 3. The van der Waals surface area contributed by atoms with E-state index in [1.165, 1.54) is 12.1 Å². The van der Waals surface area contributed by atoms with Crippen molar-refractivity contribution in [1.82, 2.24) is 14.8 Å². The molecule has 0 bridgehead atoms.